The number of para-hydroxylation sites is 1. The van der Waals surface area contributed by atoms with Gasteiger partial charge < -0.3 is 15.4 Å². The molecule has 1 aliphatic rings. The van der Waals surface area contributed by atoms with Crippen LogP contribution >= 0.6 is 0 Å². The fourth-order valence-corrected chi connectivity index (χ4v) is 2.06. The van der Waals surface area contributed by atoms with Crippen molar-refractivity contribution in [3.8, 4) is 5.75 Å². The fraction of sp³-hybridized carbons (Fsp3) is 0.462. The predicted octanol–water partition coefficient (Wildman–Crippen LogP) is 1.06. The average molecular weight is 234 g/mol. The largest absolute Gasteiger partial charge is 0.496 e. The van der Waals surface area contributed by atoms with Crippen molar-refractivity contribution in [3.05, 3.63) is 29.8 Å². The molecule has 0 saturated carbocycles. The van der Waals surface area contributed by atoms with Gasteiger partial charge in [0.25, 0.3) is 0 Å². The van der Waals surface area contributed by atoms with Crippen LogP contribution in [0.2, 0.25) is 0 Å². The molecule has 4 heteroatoms. The van der Waals surface area contributed by atoms with Crippen molar-refractivity contribution in [2.24, 2.45) is 0 Å². The Balaban J connectivity index is 1.90. The number of nitrogens with one attached hydrogen (secondary N) is 2. The number of methoxy groups -OCH3 is 1. The number of rotatable bonds is 4. The molecule has 0 bridgehead atoms. The average Bonchev–Trinajstić information content (AvgIpc) is 2.90. The lowest BCUT2D eigenvalue weighted by Crippen LogP contribution is -2.40. The van der Waals surface area contributed by atoms with Crippen molar-refractivity contribution in [3.63, 3.8) is 0 Å². The van der Waals surface area contributed by atoms with Crippen molar-refractivity contribution in [1.82, 2.24) is 10.6 Å². The maximum atomic E-state index is 11.8. The number of carbonyl (C=O) groups excluding carboxylic acids is 1. The van der Waals surface area contributed by atoms with Crippen LogP contribution in [0.5, 0.6) is 5.75 Å². The number of amides is 1. The highest BCUT2D eigenvalue weighted by Crippen LogP contribution is 2.16. The molecule has 0 aromatic heterocycles. The van der Waals surface area contributed by atoms with E-state index in [1.54, 1.807) is 7.11 Å². The topological polar surface area (TPSA) is 50.4 Å². The number of carbonyl (C=O) groups is 1. The van der Waals surface area contributed by atoms with Gasteiger partial charge in [-0.2, -0.15) is 0 Å². The first-order valence-electron chi connectivity index (χ1n) is 5.94. The molecule has 0 unspecified atom stereocenters. The summed E-state index contributed by atoms with van der Waals surface area (Å²) in [7, 11) is 1.64. The van der Waals surface area contributed by atoms with Crippen LogP contribution in [-0.2, 0) is 11.3 Å². The van der Waals surface area contributed by atoms with Crippen LogP contribution in [0.15, 0.2) is 24.3 Å². The quantitative estimate of drug-likeness (QED) is 0.819. The van der Waals surface area contributed by atoms with Gasteiger partial charge in [-0.05, 0) is 25.5 Å². The maximum absolute atomic E-state index is 11.8. The van der Waals surface area contributed by atoms with E-state index in [1.165, 1.54) is 0 Å². The fourth-order valence-electron chi connectivity index (χ4n) is 2.06. The summed E-state index contributed by atoms with van der Waals surface area (Å²) in [6.45, 7) is 1.45. The van der Waals surface area contributed by atoms with E-state index in [0.29, 0.717) is 6.54 Å². The summed E-state index contributed by atoms with van der Waals surface area (Å²) in [6, 6.07) is 7.70. The molecule has 2 rings (SSSR count). The Kier molecular flexibility index (Phi) is 3.98. The second kappa shape index (κ2) is 5.68. The molecule has 1 amide bonds. The van der Waals surface area contributed by atoms with Gasteiger partial charge >= 0.3 is 0 Å². The van der Waals surface area contributed by atoms with Gasteiger partial charge in [-0.15, -0.1) is 0 Å². The lowest BCUT2D eigenvalue weighted by molar-refractivity contribution is -0.122. The standard InChI is InChI=1S/C13H18N2O2/c1-17-12-7-3-2-5-10(12)9-15-13(16)11-6-4-8-14-11/h2-3,5,7,11,14H,4,6,8-9H2,1H3,(H,15,16)/t11-/m0/s1. The highest BCUT2D eigenvalue weighted by Gasteiger charge is 2.21. The van der Waals surface area contributed by atoms with E-state index >= 15 is 0 Å². The molecule has 1 fully saturated rings. The van der Waals surface area contributed by atoms with Crippen molar-refractivity contribution in [2.75, 3.05) is 13.7 Å². The molecule has 1 heterocycles. The van der Waals surface area contributed by atoms with Gasteiger partial charge in [-0.1, -0.05) is 18.2 Å². The summed E-state index contributed by atoms with van der Waals surface area (Å²) in [5.74, 6) is 0.889. The van der Waals surface area contributed by atoms with E-state index in [0.717, 1.165) is 30.7 Å². The zero-order chi connectivity index (χ0) is 12.1. The summed E-state index contributed by atoms with van der Waals surface area (Å²) < 4.78 is 5.24. The van der Waals surface area contributed by atoms with Crippen LogP contribution in [0.25, 0.3) is 0 Å². The van der Waals surface area contributed by atoms with Crippen LogP contribution < -0.4 is 15.4 Å². The molecule has 1 saturated heterocycles. The van der Waals surface area contributed by atoms with Crippen LogP contribution in [-0.4, -0.2) is 25.6 Å². The van der Waals surface area contributed by atoms with Crippen molar-refractivity contribution >= 4 is 5.91 Å². The summed E-state index contributed by atoms with van der Waals surface area (Å²) >= 11 is 0. The van der Waals surface area contributed by atoms with Crippen LogP contribution in [0.3, 0.4) is 0 Å². The first kappa shape index (κ1) is 11.9. The second-order valence-electron chi connectivity index (χ2n) is 4.18. The third kappa shape index (κ3) is 2.97. The lowest BCUT2D eigenvalue weighted by atomic mass is 10.2. The van der Waals surface area contributed by atoms with Gasteiger partial charge in [0.15, 0.2) is 0 Å². The Morgan fingerprint density at radius 1 is 1.53 bits per heavy atom. The third-order valence-corrected chi connectivity index (χ3v) is 3.02. The number of benzene rings is 1. The minimum atomic E-state index is -0.0234. The zero-order valence-electron chi connectivity index (χ0n) is 10.0. The lowest BCUT2D eigenvalue weighted by Gasteiger charge is -2.12. The van der Waals surface area contributed by atoms with E-state index in [2.05, 4.69) is 10.6 Å². The van der Waals surface area contributed by atoms with Crippen molar-refractivity contribution in [1.29, 1.82) is 0 Å². The molecule has 2 N–H and O–H groups in total. The third-order valence-electron chi connectivity index (χ3n) is 3.02. The second-order valence-corrected chi connectivity index (χ2v) is 4.18. The zero-order valence-corrected chi connectivity index (χ0v) is 10.0. The smallest absolute Gasteiger partial charge is 0.237 e. The normalized spacial score (nSPS) is 19.0. The van der Waals surface area contributed by atoms with Crippen LogP contribution in [0, 0.1) is 0 Å². The molecule has 0 radical (unpaired) electrons. The SMILES string of the molecule is COc1ccccc1CNC(=O)[C@@H]1CCCN1. The summed E-state index contributed by atoms with van der Waals surface area (Å²) in [5, 5.41) is 6.11. The first-order chi connectivity index (χ1) is 8.31. The molecule has 0 aliphatic carbocycles. The highest BCUT2D eigenvalue weighted by molar-refractivity contribution is 5.82. The van der Waals surface area contributed by atoms with E-state index < -0.39 is 0 Å². The molecule has 1 aromatic carbocycles. The summed E-state index contributed by atoms with van der Waals surface area (Å²) in [5.41, 5.74) is 1.00. The molecule has 0 spiro atoms. The molecule has 4 nitrogen and oxygen atoms in total. The summed E-state index contributed by atoms with van der Waals surface area (Å²) in [4.78, 5) is 11.8. The van der Waals surface area contributed by atoms with Crippen LogP contribution in [0.1, 0.15) is 18.4 Å². The first-order valence-corrected chi connectivity index (χ1v) is 5.94. The number of ether oxygens (including phenoxy) is 1. The van der Waals surface area contributed by atoms with E-state index in [4.69, 9.17) is 4.74 Å². The monoisotopic (exact) mass is 234 g/mol. The summed E-state index contributed by atoms with van der Waals surface area (Å²) in [6.07, 6.45) is 2.00. The van der Waals surface area contributed by atoms with Gasteiger partial charge in [0, 0.05) is 12.1 Å². The van der Waals surface area contributed by atoms with Crippen molar-refractivity contribution in [2.45, 2.75) is 25.4 Å². The van der Waals surface area contributed by atoms with Crippen molar-refractivity contribution < 1.29 is 9.53 Å². The Labute approximate surface area is 101 Å². The maximum Gasteiger partial charge on any atom is 0.237 e. The van der Waals surface area contributed by atoms with Gasteiger partial charge in [-0.25, -0.2) is 0 Å². The van der Waals surface area contributed by atoms with E-state index in [9.17, 15) is 4.79 Å². The Morgan fingerprint density at radius 2 is 2.35 bits per heavy atom. The predicted molar refractivity (Wildman–Crippen MR) is 65.9 cm³/mol. The molecule has 1 aliphatic heterocycles. The number of hydrogen-bond donors (Lipinski definition) is 2. The minimum Gasteiger partial charge on any atom is -0.496 e. The number of hydrogen-bond acceptors (Lipinski definition) is 3. The highest BCUT2D eigenvalue weighted by atomic mass is 16.5. The molecule has 1 atom stereocenters. The molecule has 92 valence electrons. The molecule has 1 aromatic rings. The van der Waals surface area contributed by atoms with E-state index in [-0.39, 0.29) is 11.9 Å². The van der Waals surface area contributed by atoms with Gasteiger partial charge in [0.05, 0.1) is 13.2 Å². The Morgan fingerprint density at radius 3 is 3.06 bits per heavy atom. The Bertz CT molecular complexity index is 387. The van der Waals surface area contributed by atoms with Gasteiger partial charge in [0.1, 0.15) is 5.75 Å². The molecular weight excluding hydrogens is 216 g/mol. The molecule has 17 heavy (non-hydrogen) atoms. The van der Waals surface area contributed by atoms with Gasteiger partial charge in [-0.3, -0.25) is 4.79 Å². The van der Waals surface area contributed by atoms with Crippen LogP contribution in [0.4, 0.5) is 0 Å². The van der Waals surface area contributed by atoms with Gasteiger partial charge in [0.2, 0.25) is 5.91 Å². The Hall–Kier alpha value is -1.55. The minimum absolute atomic E-state index is 0.0234. The van der Waals surface area contributed by atoms with E-state index in [1.807, 2.05) is 24.3 Å². The molecular formula is C13H18N2O2.